The summed E-state index contributed by atoms with van der Waals surface area (Å²) in [5.41, 5.74) is 11.5. The number of carbonyl (C=O) groups is 2. The number of hydrogen-bond acceptors (Lipinski definition) is 6. The van der Waals surface area contributed by atoms with Crippen LogP contribution in [0.1, 0.15) is 11.7 Å². The van der Waals surface area contributed by atoms with Gasteiger partial charge in [-0.25, -0.2) is 0 Å². The van der Waals surface area contributed by atoms with E-state index in [2.05, 4.69) is 12.6 Å². The maximum Gasteiger partial charge on any atom is 0.323 e. The lowest BCUT2D eigenvalue weighted by Crippen LogP contribution is -2.36. The van der Waals surface area contributed by atoms with Gasteiger partial charge in [-0.2, -0.15) is 12.6 Å². The molecular weight excluding hydrogens is 294 g/mol. The minimum absolute atomic E-state index is 0.248. The predicted molar refractivity (Wildman–Crippen MR) is 82.3 cm³/mol. The number of aliphatic carboxylic acids is 1. The molecule has 1 aromatic rings. The minimum atomic E-state index is -1.24. The molecule has 0 heterocycles. The highest BCUT2D eigenvalue weighted by Crippen LogP contribution is 2.30. The summed E-state index contributed by atoms with van der Waals surface area (Å²) in [7, 11) is 0. The van der Waals surface area contributed by atoms with Crippen LogP contribution in [-0.2, 0) is 9.59 Å². The lowest BCUT2D eigenvalue weighted by atomic mass is 10.0. The second-order valence-corrected chi connectivity index (χ2v) is 5.01. The number of nitrogens with two attached hydrogens (primary N) is 2. The summed E-state index contributed by atoms with van der Waals surface area (Å²) in [4.78, 5) is 23.6. The molecular formula is C13H19N3O4S. The maximum atomic E-state index is 11.2. The van der Waals surface area contributed by atoms with Crippen molar-refractivity contribution in [2.75, 3.05) is 24.5 Å². The third kappa shape index (κ3) is 4.62. The Bertz CT molecular complexity index is 512. The van der Waals surface area contributed by atoms with E-state index in [9.17, 15) is 14.7 Å². The standard InChI is InChI=1S/C13H19N3O4S/c14-5-6-16(7-10(17)18)9-4-2-1-3-8(9)11(19)12(21)13(15)20/h1-4,11-12,19,21H,5-7,14H2,(H2,15,20)(H,17,18). The summed E-state index contributed by atoms with van der Waals surface area (Å²) in [5.74, 6) is -1.78. The number of nitrogens with zero attached hydrogens (tertiary/aromatic N) is 1. The van der Waals surface area contributed by atoms with Gasteiger partial charge in [0.15, 0.2) is 0 Å². The van der Waals surface area contributed by atoms with Crippen LogP contribution in [0.5, 0.6) is 0 Å². The van der Waals surface area contributed by atoms with Gasteiger partial charge in [0.1, 0.15) is 17.9 Å². The molecule has 2 unspecified atom stereocenters. The monoisotopic (exact) mass is 313 g/mol. The van der Waals surface area contributed by atoms with E-state index in [1.54, 1.807) is 24.3 Å². The van der Waals surface area contributed by atoms with Crippen LogP contribution in [0.3, 0.4) is 0 Å². The van der Waals surface area contributed by atoms with Gasteiger partial charge < -0.3 is 26.6 Å². The number of anilines is 1. The molecule has 0 aliphatic heterocycles. The average Bonchev–Trinajstić information content (AvgIpc) is 2.44. The van der Waals surface area contributed by atoms with Crippen molar-refractivity contribution in [1.29, 1.82) is 0 Å². The third-order valence-electron chi connectivity index (χ3n) is 2.91. The van der Waals surface area contributed by atoms with E-state index in [4.69, 9.17) is 16.6 Å². The third-order valence-corrected chi connectivity index (χ3v) is 3.45. The molecule has 0 saturated heterocycles. The molecule has 0 radical (unpaired) electrons. The zero-order valence-electron chi connectivity index (χ0n) is 11.3. The quantitative estimate of drug-likeness (QED) is 0.406. The number of primary amides is 1. The van der Waals surface area contributed by atoms with Crippen LogP contribution in [0, 0.1) is 0 Å². The van der Waals surface area contributed by atoms with E-state index in [-0.39, 0.29) is 13.1 Å². The molecule has 1 aromatic carbocycles. The van der Waals surface area contributed by atoms with Crippen molar-refractivity contribution < 1.29 is 19.8 Å². The Balaban J connectivity index is 3.16. The summed E-state index contributed by atoms with van der Waals surface area (Å²) in [6.45, 7) is 0.274. The number of rotatable bonds is 8. The Morgan fingerprint density at radius 3 is 2.48 bits per heavy atom. The number of benzene rings is 1. The number of thiol groups is 1. The average molecular weight is 313 g/mol. The Kier molecular flexibility index (Phi) is 6.47. The van der Waals surface area contributed by atoms with Crippen molar-refractivity contribution >= 4 is 30.2 Å². The fourth-order valence-electron chi connectivity index (χ4n) is 1.96. The van der Waals surface area contributed by atoms with Crippen LogP contribution in [0.4, 0.5) is 5.69 Å². The van der Waals surface area contributed by atoms with Crippen LogP contribution in [-0.4, -0.2) is 47.0 Å². The van der Waals surface area contributed by atoms with Crippen LogP contribution in [0.2, 0.25) is 0 Å². The first-order valence-corrected chi connectivity index (χ1v) is 6.81. The highest BCUT2D eigenvalue weighted by atomic mass is 32.1. The Hall–Kier alpha value is -1.77. The van der Waals surface area contributed by atoms with E-state index < -0.39 is 23.2 Å². The van der Waals surface area contributed by atoms with Crippen LogP contribution >= 0.6 is 12.6 Å². The fourth-order valence-corrected chi connectivity index (χ4v) is 2.12. The summed E-state index contributed by atoms with van der Waals surface area (Å²) in [5, 5.41) is 18.1. The van der Waals surface area contributed by atoms with Crippen LogP contribution in [0.15, 0.2) is 24.3 Å². The van der Waals surface area contributed by atoms with Crippen molar-refractivity contribution in [2.45, 2.75) is 11.4 Å². The van der Waals surface area contributed by atoms with E-state index in [1.807, 2.05) is 0 Å². The Morgan fingerprint density at radius 1 is 1.33 bits per heavy atom. The maximum absolute atomic E-state index is 11.2. The molecule has 0 bridgehead atoms. The topological polar surface area (TPSA) is 130 Å². The van der Waals surface area contributed by atoms with Gasteiger partial charge in [0.2, 0.25) is 5.91 Å². The lowest BCUT2D eigenvalue weighted by molar-refractivity contribution is -0.135. The van der Waals surface area contributed by atoms with E-state index in [0.29, 0.717) is 17.8 Å². The number of carboxylic acid groups (broad SMARTS) is 1. The SMILES string of the molecule is NCCN(CC(=O)O)c1ccccc1C(O)C(S)C(N)=O. The number of aliphatic hydroxyl groups is 1. The molecule has 6 N–H and O–H groups in total. The highest BCUT2D eigenvalue weighted by molar-refractivity contribution is 7.81. The molecule has 0 aliphatic carbocycles. The zero-order valence-corrected chi connectivity index (χ0v) is 12.2. The molecule has 0 spiro atoms. The van der Waals surface area contributed by atoms with Crippen molar-refractivity contribution in [3.8, 4) is 0 Å². The summed E-state index contributed by atoms with van der Waals surface area (Å²) in [6.07, 6.45) is -1.24. The molecule has 7 nitrogen and oxygen atoms in total. The molecule has 2 atom stereocenters. The van der Waals surface area contributed by atoms with E-state index in [1.165, 1.54) is 4.90 Å². The van der Waals surface area contributed by atoms with Crippen molar-refractivity contribution in [1.82, 2.24) is 0 Å². The smallest absolute Gasteiger partial charge is 0.323 e. The summed E-state index contributed by atoms with van der Waals surface area (Å²) < 4.78 is 0. The van der Waals surface area contributed by atoms with Crippen molar-refractivity contribution in [2.24, 2.45) is 11.5 Å². The molecule has 1 amide bonds. The Morgan fingerprint density at radius 2 is 1.95 bits per heavy atom. The second kappa shape index (κ2) is 7.87. The predicted octanol–water partition coefficient (Wildman–Crippen LogP) is -0.647. The molecule has 1 rings (SSSR count). The van der Waals surface area contributed by atoms with Gasteiger partial charge in [0.25, 0.3) is 0 Å². The first-order valence-electron chi connectivity index (χ1n) is 6.29. The van der Waals surface area contributed by atoms with Gasteiger partial charge in [-0.3, -0.25) is 9.59 Å². The van der Waals surface area contributed by atoms with Gasteiger partial charge in [0, 0.05) is 24.3 Å². The Labute approximate surface area is 127 Å². The number of para-hydroxylation sites is 1. The van der Waals surface area contributed by atoms with Crippen molar-refractivity contribution in [3.63, 3.8) is 0 Å². The fraction of sp³-hybridized carbons (Fsp3) is 0.385. The molecule has 0 aromatic heterocycles. The number of aliphatic hydroxyl groups excluding tert-OH is 1. The van der Waals surface area contributed by atoms with E-state index in [0.717, 1.165) is 0 Å². The zero-order chi connectivity index (χ0) is 16.0. The molecule has 0 fully saturated rings. The first-order chi connectivity index (χ1) is 9.88. The largest absolute Gasteiger partial charge is 0.480 e. The normalized spacial score (nSPS) is 13.5. The molecule has 21 heavy (non-hydrogen) atoms. The second-order valence-electron chi connectivity index (χ2n) is 4.45. The van der Waals surface area contributed by atoms with E-state index >= 15 is 0 Å². The lowest BCUT2D eigenvalue weighted by Gasteiger charge is -2.27. The van der Waals surface area contributed by atoms with Crippen molar-refractivity contribution in [3.05, 3.63) is 29.8 Å². The number of hydrogen-bond donors (Lipinski definition) is 5. The van der Waals surface area contributed by atoms with Gasteiger partial charge in [-0.1, -0.05) is 18.2 Å². The number of carbonyl (C=O) groups excluding carboxylic acids is 1. The highest BCUT2D eigenvalue weighted by Gasteiger charge is 2.26. The van der Waals surface area contributed by atoms with Crippen LogP contribution < -0.4 is 16.4 Å². The number of amides is 1. The minimum Gasteiger partial charge on any atom is -0.480 e. The molecule has 8 heteroatoms. The molecule has 0 aliphatic rings. The van der Waals surface area contributed by atoms with Crippen LogP contribution in [0.25, 0.3) is 0 Å². The molecule has 116 valence electrons. The van der Waals surface area contributed by atoms with Gasteiger partial charge >= 0.3 is 5.97 Å². The van der Waals surface area contributed by atoms with Gasteiger partial charge in [0.05, 0.1) is 0 Å². The first kappa shape index (κ1) is 17.3. The summed E-state index contributed by atoms with van der Waals surface area (Å²) in [6, 6.07) is 6.62. The number of carboxylic acids is 1. The van der Waals surface area contributed by atoms with Gasteiger partial charge in [-0.15, -0.1) is 0 Å². The molecule has 0 saturated carbocycles. The van der Waals surface area contributed by atoms with Gasteiger partial charge in [-0.05, 0) is 6.07 Å². The summed E-state index contributed by atoms with van der Waals surface area (Å²) >= 11 is 3.98.